The van der Waals surface area contributed by atoms with Crippen molar-refractivity contribution in [2.75, 3.05) is 5.73 Å². The van der Waals surface area contributed by atoms with E-state index in [0.29, 0.717) is 32.3 Å². The number of anilines is 1. The van der Waals surface area contributed by atoms with Gasteiger partial charge in [0.05, 0.1) is 15.7 Å². The zero-order chi connectivity index (χ0) is 12.4. The van der Waals surface area contributed by atoms with Gasteiger partial charge in [-0.15, -0.1) is 0 Å². The molecule has 0 saturated heterocycles. The van der Waals surface area contributed by atoms with Crippen LogP contribution in [0.25, 0.3) is 0 Å². The Morgan fingerprint density at radius 1 is 0.941 bits per heavy atom. The molecule has 0 spiro atoms. The zero-order valence-corrected chi connectivity index (χ0v) is 10.9. The van der Waals surface area contributed by atoms with E-state index in [0.717, 1.165) is 0 Å². The highest BCUT2D eigenvalue weighted by molar-refractivity contribution is 6.42. The number of rotatable bonds is 2. The van der Waals surface area contributed by atoms with Crippen LogP contribution >= 0.6 is 34.8 Å². The maximum Gasteiger partial charge on any atom is 0.151 e. The summed E-state index contributed by atoms with van der Waals surface area (Å²) in [6.07, 6.45) is 0. The van der Waals surface area contributed by atoms with Crippen LogP contribution in [-0.4, -0.2) is 0 Å². The fraction of sp³-hybridized carbons (Fsp3) is 0. The van der Waals surface area contributed by atoms with E-state index in [9.17, 15) is 0 Å². The van der Waals surface area contributed by atoms with Crippen molar-refractivity contribution in [3.63, 3.8) is 0 Å². The van der Waals surface area contributed by atoms with Gasteiger partial charge in [-0.05, 0) is 24.3 Å². The third-order valence-corrected chi connectivity index (χ3v) is 3.03. The minimum Gasteiger partial charge on any atom is -0.455 e. The third kappa shape index (κ3) is 2.97. The van der Waals surface area contributed by atoms with Crippen LogP contribution in [0.4, 0.5) is 5.69 Å². The number of nitrogen functional groups attached to an aromatic ring is 1. The molecule has 0 bridgehead atoms. The zero-order valence-electron chi connectivity index (χ0n) is 8.58. The van der Waals surface area contributed by atoms with Crippen LogP contribution in [0.15, 0.2) is 36.4 Å². The lowest BCUT2D eigenvalue weighted by Crippen LogP contribution is -1.92. The summed E-state index contributed by atoms with van der Waals surface area (Å²) < 4.78 is 5.57. The minimum atomic E-state index is 0.387. The molecule has 0 aliphatic carbocycles. The minimum absolute atomic E-state index is 0.387. The first-order valence-electron chi connectivity index (χ1n) is 4.74. The summed E-state index contributed by atoms with van der Waals surface area (Å²) in [7, 11) is 0. The van der Waals surface area contributed by atoms with E-state index >= 15 is 0 Å². The Morgan fingerprint density at radius 3 is 2.35 bits per heavy atom. The van der Waals surface area contributed by atoms with Gasteiger partial charge in [0.25, 0.3) is 0 Å². The topological polar surface area (TPSA) is 35.2 Å². The van der Waals surface area contributed by atoms with E-state index in [1.54, 1.807) is 36.4 Å². The van der Waals surface area contributed by atoms with Gasteiger partial charge in [-0.1, -0.05) is 40.9 Å². The number of hydrogen-bond donors (Lipinski definition) is 1. The van der Waals surface area contributed by atoms with Crippen molar-refractivity contribution >= 4 is 40.5 Å². The normalized spacial score (nSPS) is 10.3. The van der Waals surface area contributed by atoms with E-state index in [2.05, 4.69) is 0 Å². The standard InChI is InChI=1S/C12H8Cl3NO/c13-7-2-1-3-8(4-7)17-12-6-10(15)9(14)5-11(12)16/h1-6H,16H2. The number of ether oxygens (including phenoxy) is 1. The summed E-state index contributed by atoms with van der Waals surface area (Å²) in [5, 5.41) is 1.36. The van der Waals surface area contributed by atoms with Crippen molar-refractivity contribution < 1.29 is 4.74 Å². The van der Waals surface area contributed by atoms with Crippen molar-refractivity contribution in [2.24, 2.45) is 0 Å². The molecule has 0 saturated carbocycles. The predicted molar refractivity (Wildman–Crippen MR) is 72.4 cm³/mol. The van der Waals surface area contributed by atoms with Gasteiger partial charge in [-0.2, -0.15) is 0 Å². The summed E-state index contributed by atoms with van der Waals surface area (Å²) in [4.78, 5) is 0. The monoisotopic (exact) mass is 287 g/mol. The van der Waals surface area contributed by atoms with E-state index in [-0.39, 0.29) is 0 Å². The van der Waals surface area contributed by atoms with Crippen LogP contribution in [0.5, 0.6) is 11.5 Å². The fourth-order valence-corrected chi connectivity index (χ4v) is 1.80. The van der Waals surface area contributed by atoms with Crippen LogP contribution in [0, 0.1) is 0 Å². The molecule has 0 radical (unpaired) electrons. The molecular formula is C12H8Cl3NO. The molecule has 0 heterocycles. The summed E-state index contributed by atoms with van der Waals surface area (Å²) in [5.74, 6) is 1.03. The van der Waals surface area contributed by atoms with Gasteiger partial charge >= 0.3 is 0 Å². The Labute approximate surface area is 114 Å². The quantitative estimate of drug-likeness (QED) is 0.787. The van der Waals surface area contributed by atoms with Crippen LogP contribution in [0.1, 0.15) is 0 Å². The van der Waals surface area contributed by atoms with E-state index in [1.807, 2.05) is 0 Å². The lowest BCUT2D eigenvalue weighted by Gasteiger charge is -2.09. The van der Waals surface area contributed by atoms with Crippen LogP contribution in [-0.2, 0) is 0 Å². The SMILES string of the molecule is Nc1cc(Cl)c(Cl)cc1Oc1cccc(Cl)c1. The van der Waals surface area contributed by atoms with Crippen molar-refractivity contribution in [3.8, 4) is 11.5 Å². The molecule has 2 N–H and O–H groups in total. The van der Waals surface area contributed by atoms with E-state index in [4.69, 9.17) is 45.3 Å². The first kappa shape index (κ1) is 12.4. The smallest absolute Gasteiger partial charge is 0.151 e. The molecule has 0 aliphatic heterocycles. The maximum atomic E-state index is 5.89. The van der Waals surface area contributed by atoms with Gasteiger partial charge in [-0.25, -0.2) is 0 Å². The Balaban J connectivity index is 2.33. The summed E-state index contributed by atoms with van der Waals surface area (Å²) in [6, 6.07) is 10.1. The second-order valence-corrected chi connectivity index (χ2v) is 4.61. The summed E-state index contributed by atoms with van der Waals surface area (Å²) >= 11 is 17.6. The first-order valence-corrected chi connectivity index (χ1v) is 5.87. The average molecular weight is 289 g/mol. The van der Waals surface area contributed by atoms with Crippen LogP contribution < -0.4 is 10.5 Å². The Kier molecular flexibility index (Phi) is 3.67. The molecule has 0 aromatic heterocycles. The molecule has 2 nitrogen and oxygen atoms in total. The third-order valence-electron chi connectivity index (χ3n) is 2.08. The van der Waals surface area contributed by atoms with Crippen molar-refractivity contribution in [1.82, 2.24) is 0 Å². The number of benzene rings is 2. The lowest BCUT2D eigenvalue weighted by atomic mass is 10.3. The second-order valence-electron chi connectivity index (χ2n) is 3.36. The van der Waals surface area contributed by atoms with Crippen LogP contribution in [0.2, 0.25) is 15.1 Å². The average Bonchev–Trinajstić information content (AvgIpc) is 2.26. The van der Waals surface area contributed by atoms with Crippen molar-refractivity contribution in [2.45, 2.75) is 0 Å². The fourth-order valence-electron chi connectivity index (χ4n) is 1.29. The number of hydrogen-bond acceptors (Lipinski definition) is 2. The predicted octanol–water partition coefficient (Wildman–Crippen LogP) is 5.02. The highest BCUT2D eigenvalue weighted by Gasteiger charge is 2.07. The number of nitrogens with two attached hydrogens (primary N) is 1. The van der Waals surface area contributed by atoms with E-state index < -0.39 is 0 Å². The van der Waals surface area contributed by atoms with E-state index in [1.165, 1.54) is 0 Å². The van der Waals surface area contributed by atoms with Gasteiger partial charge in [0.1, 0.15) is 5.75 Å². The lowest BCUT2D eigenvalue weighted by molar-refractivity contribution is 0.485. The van der Waals surface area contributed by atoms with Gasteiger partial charge < -0.3 is 10.5 Å². The van der Waals surface area contributed by atoms with Gasteiger partial charge in [-0.3, -0.25) is 0 Å². The number of halogens is 3. The molecule has 0 fully saturated rings. The molecule has 2 rings (SSSR count). The van der Waals surface area contributed by atoms with Crippen molar-refractivity contribution in [1.29, 1.82) is 0 Å². The molecule has 5 heteroatoms. The molecule has 0 atom stereocenters. The molecule has 0 amide bonds. The largest absolute Gasteiger partial charge is 0.455 e. The molecule has 0 aliphatic rings. The second kappa shape index (κ2) is 5.05. The molecule has 2 aromatic rings. The van der Waals surface area contributed by atoms with Crippen LogP contribution in [0.3, 0.4) is 0 Å². The van der Waals surface area contributed by atoms with Gasteiger partial charge in [0.15, 0.2) is 5.75 Å². The first-order chi connectivity index (χ1) is 8.06. The van der Waals surface area contributed by atoms with Gasteiger partial charge in [0.2, 0.25) is 0 Å². The van der Waals surface area contributed by atoms with Gasteiger partial charge in [0, 0.05) is 11.1 Å². The highest BCUT2D eigenvalue weighted by Crippen LogP contribution is 2.35. The Hall–Kier alpha value is -1.09. The molecule has 2 aromatic carbocycles. The highest BCUT2D eigenvalue weighted by atomic mass is 35.5. The molecule has 17 heavy (non-hydrogen) atoms. The molecule has 88 valence electrons. The molecule has 0 unspecified atom stereocenters. The maximum absolute atomic E-state index is 5.89. The van der Waals surface area contributed by atoms with Crippen molar-refractivity contribution in [3.05, 3.63) is 51.5 Å². The Bertz CT molecular complexity index is 557. The molecular weight excluding hydrogens is 280 g/mol. The summed E-state index contributed by atoms with van der Waals surface area (Å²) in [6.45, 7) is 0. The Morgan fingerprint density at radius 2 is 1.65 bits per heavy atom. The summed E-state index contributed by atoms with van der Waals surface area (Å²) in [5.41, 5.74) is 6.19.